The predicted octanol–water partition coefficient (Wildman–Crippen LogP) is 9.41. The molecule has 2 bridgehead atoms. The summed E-state index contributed by atoms with van der Waals surface area (Å²) in [4.78, 5) is 88.1. The molecule has 6 rings (SSSR count). The van der Waals surface area contributed by atoms with Gasteiger partial charge in [0, 0.05) is 35.3 Å². The van der Waals surface area contributed by atoms with Crippen LogP contribution in [0.25, 0.3) is 5.57 Å². The van der Waals surface area contributed by atoms with Crippen LogP contribution in [0.5, 0.6) is 0 Å². The van der Waals surface area contributed by atoms with Crippen LogP contribution in [0.4, 0.5) is 30.6 Å². The molecule has 0 atom stereocenters. The number of benzene rings is 2. The Bertz CT molecular complexity index is 2240. The zero-order valence-corrected chi connectivity index (χ0v) is 41.7. The molecule has 370 valence electrons. The van der Waals surface area contributed by atoms with Gasteiger partial charge in [0.1, 0.15) is 22.4 Å². The van der Waals surface area contributed by atoms with E-state index in [0.29, 0.717) is 69.4 Å². The molecule has 0 aromatic heterocycles. The van der Waals surface area contributed by atoms with E-state index in [9.17, 15) is 28.8 Å². The number of amides is 6. The summed E-state index contributed by atoms with van der Waals surface area (Å²) in [6.07, 6.45) is 3.06. The van der Waals surface area contributed by atoms with Crippen molar-refractivity contribution in [1.82, 2.24) is 20.9 Å². The number of alkyl carbamates (subject to hydrolysis) is 3. The van der Waals surface area contributed by atoms with Crippen molar-refractivity contribution in [3.05, 3.63) is 65.7 Å². The van der Waals surface area contributed by atoms with Crippen molar-refractivity contribution < 1.29 is 47.7 Å². The summed E-state index contributed by atoms with van der Waals surface area (Å²) < 4.78 is 21.4. The Balaban J connectivity index is 1.14. The molecule has 0 unspecified atom stereocenters. The first-order chi connectivity index (χ1) is 31.5. The van der Waals surface area contributed by atoms with Crippen LogP contribution < -0.4 is 26.6 Å². The molecule has 3 aliphatic carbocycles. The first-order valence-corrected chi connectivity index (χ1v) is 23.1. The van der Waals surface area contributed by atoms with Gasteiger partial charge in [0.05, 0.1) is 6.54 Å². The summed E-state index contributed by atoms with van der Waals surface area (Å²) in [5, 5.41) is 13.8. The SMILES string of the molecule is CC(C)(C)OC(=O)/N=C(/NC(=O)OC(C)(C)C)N1CC=C(c2ccc(NC(=O)C34CCC(C(=O)Nc5ccc(CN=C(NC(=O)OC(C)(C)C)NC(=O)OC(C)(C)C)cc5)(CC3)CC4)cc2)CC1. The standard InChI is InChI=1S/C50H70N8O10/c1-45(2,3)65-41(61)54-39(55-42(62)66-46(4,5)6)51-31-32-13-17-35(18-14-32)52-37(59)49-23-26-50(27-24-49,28-25-49)38(60)53-36-19-15-33(16-20-36)34-21-29-58(30-22-34)40(56-43(63)67-47(7,8)9)57-44(64)68-48(10,11)12/h13-21H,22-31H2,1-12H3,(H,52,59)(H,53,60)(H,56,57,63,64)(H2,51,54,55,61,62). The molecule has 5 N–H and O–H groups in total. The highest BCUT2D eigenvalue weighted by Crippen LogP contribution is 2.57. The van der Waals surface area contributed by atoms with Crippen molar-refractivity contribution in [1.29, 1.82) is 0 Å². The van der Waals surface area contributed by atoms with Crippen LogP contribution in [0.1, 0.15) is 139 Å². The summed E-state index contributed by atoms with van der Waals surface area (Å²) in [5.74, 6) is -0.199. The average Bonchev–Trinajstić information content (AvgIpc) is 3.21. The highest BCUT2D eigenvalue weighted by molar-refractivity contribution is 6.02. The number of rotatable bonds is 7. The number of nitrogens with zero attached hydrogens (tertiary/aromatic N) is 3. The van der Waals surface area contributed by atoms with Gasteiger partial charge in [-0.3, -0.25) is 25.5 Å². The summed E-state index contributed by atoms with van der Waals surface area (Å²) in [6.45, 7) is 21.7. The molecule has 0 radical (unpaired) electrons. The summed E-state index contributed by atoms with van der Waals surface area (Å²) in [7, 11) is 0. The molecule has 1 heterocycles. The van der Waals surface area contributed by atoms with Gasteiger partial charge in [-0.15, -0.1) is 4.99 Å². The number of hydrogen-bond acceptors (Lipinski definition) is 11. The van der Waals surface area contributed by atoms with Crippen LogP contribution in [0.3, 0.4) is 0 Å². The molecule has 4 aliphatic rings. The normalized spacial score (nSPS) is 19.6. The number of fused-ring (bicyclic) bond motifs is 3. The van der Waals surface area contributed by atoms with Crippen molar-refractivity contribution in [3.8, 4) is 0 Å². The second-order valence-electron chi connectivity index (χ2n) is 21.6. The van der Waals surface area contributed by atoms with E-state index in [0.717, 1.165) is 16.7 Å². The molecule has 6 amide bonds. The fourth-order valence-electron chi connectivity index (χ4n) is 8.00. The zero-order chi connectivity index (χ0) is 50.3. The Morgan fingerprint density at radius 3 is 1.38 bits per heavy atom. The van der Waals surface area contributed by atoms with Gasteiger partial charge in [0.15, 0.2) is 0 Å². The highest BCUT2D eigenvalue weighted by Gasteiger charge is 2.55. The minimum absolute atomic E-state index is 0.0373. The zero-order valence-electron chi connectivity index (χ0n) is 41.7. The van der Waals surface area contributed by atoms with Gasteiger partial charge >= 0.3 is 24.4 Å². The second kappa shape index (κ2) is 20.8. The first-order valence-electron chi connectivity index (χ1n) is 23.1. The summed E-state index contributed by atoms with van der Waals surface area (Å²) >= 11 is 0. The lowest BCUT2D eigenvalue weighted by molar-refractivity contribution is -0.144. The van der Waals surface area contributed by atoms with E-state index >= 15 is 0 Å². The lowest BCUT2D eigenvalue weighted by Gasteiger charge is -2.51. The predicted molar refractivity (Wildman–Crippen MR) is 260 cm³/mol. The Labute approximate surface area is 399 Å². The monoisotopic (exact) mass is 943 g/mol. The third-order valence-electron chi connectivity index (χ3n) is 11.3. The molecule has 0 spiro atoms. The Morgan fingerprint density at radius 2 is 0.985 bits per heavy atom. The lowest BCUT2D eigenvalue weighted by atomic mass is 9.53. The van der Waals surface area contributed by atoms with E-state index < -0.39 is 57.6 Å². The van der Waals surface area contributed by atoms with Crippen molar-refractivity contribution in [2.24, 2.45) is 20.8 Å². The summed E-state index contributed by atoms with van der Waals surface area (Å²) in [5.41, 5.74) is -0.0738. The van der Waals surface area contributed by atoms with Gasteiger partial charge in [-0.05, 0) is 169 Å². The van der Waals surface area contributed by atoms with Crippen LogP contribution in [-0.4, -0.2) is 88.5 Å². The van der Waals surface area contributed by atoms with Crippen molar-refractivity contribution >= 4 is 65.1 Å². The Kier molecular flexibility index (Phi) is 16.1. The third-order valence-corrected chi connectivity index (χ3v) is 11.3. The van der Waals surface area contributed by atoms with Crippen LogP contribution in [0.2, 0.25) is 0 Å². The van der Waals surface area contributed by atoms with E-state index in [-0.39, 0.29) is 30.3 Å². The number of hydrogen-bond donors (Lipinski definition) is 5. The van der Waals surface area contributed by atoms with Crippen LogP contribution in [0, 0.1) is 10.8 Å². The van der Waals surface area contributed by atoms with E-state index in [4.69, 9.17) is 18.9 Å². The van der Waals surface area contributed by atoms with E-state index in [1.807, 2.05) is 30.3 Å². The van der Waals surface area contributed by atoms with E-state index in [2.05, 4.69) is 36.6 Å². The van der Waals surface area contributed by atoms with Gasteiger partial charge in [0.25, 0.3) is 0 Å². The number of nitrogens with one attached hydrogen (secondary N) is 5. The third kappa shape index (κ3) is 15.8. The molecule has 3 fully saturated rings. The maximum Gasteiger partial charge on any atom is 0.437 e. The van der Waals surface area contributed by atoms with Gasteiger partial charge in [-0.2, -0.15) is 0 Å². The number of aliphatic imine (C=N–C) groups is 2. The summed E-state index contributed by atoms with van der Waals surface area (Å²) in [6, 6.07) is 14.9. The smallest absolute Gasteiger partial charge is 0.437 e. The molecule has 2 aromatic carbocycles. The molecule has 18 nitrogen and oxygen atoms in total. The van der Waals surface area contributed by atoms with Crippen LogP contribution in [0.15, 0.2) is 64.6 Å². The molecule has 2 aromatic rings. The molecular formula is C50H70N8O10. The number of carbonyl (C=O) groups excluding carboxylic acids is 6. The fourth-order valence-corrected chi connectivity index (χ4v) is 8.00. The molecule has 1 aliphatic heterocycles. The van der Waals surface area contributed by atoms with Crippen molar-refractivity contribution in [2.45, 2.75) is 157 Å². The number of ether oxygens (including phenoxy) is 4. The van der Waals surface area contributed by atoms with Crippen LogP contribution in [-0.2, 0) is 35.1 Å². The number of guanidine groups is 2. The van der Waals surface area contributed by atoms with Crippen LogP contribution >= 0.6 is 0 Å². The van der Waals surface area contributed by atoms with E-state index in [1.165, 1.54) is 0 Å². The van der Waals surface area contributed by atoms with Crippen molar-refractivity contribution in [2.75, 3.05) is 23.7 Å². The Morgan fingerprint density at radius 1 is 0.574 bits per heavy atom. The molecule has 0 saturated heterocycles. The largest absolute Gasteiger partial charge is 0.444 e. The average molecular weight is 943 g/mol. The minimum atomic E-state index is -0.827. The minimum Gasteiger partial charge on any atom is -0.444 e. The lowest BCUT2D eigenvalue weighted by Crippen LogP contribution is -2.52. The topological polar surface area (TPSA) is 227 Å². The van der Waals surface area contributed by atoms with Gasteiger partial charge in [-0.25, -0.2) is 24.2 Å². The van der Waals surface area contributed by atoms with Gasteiger partial charge in [-0.1, -0.05) is 30.3 Å². The Hall–Kier alpha value is -6.46. The fraction of sp³-hybridized carbons (Fsp3) is 0.560. The molecule has 3 saturated carbocycles. The van der Waals surface area contributed by atoms with Crippen molar-refractivity contribution in [3.63, 3.8) is 0 Å². The second-order valence-corrected chi connectivity index (χ2v) is 21.6. The maximum absolute atomic E-state index is 13.9. The number of carbonyl (C=O) groups is 6. The van der Waals surface area contributed by atoms with Gasteiger partial charge < -0.3 is 34.5 Å². The maximum atomic E-state index is 13.9. The number of anilines is 2. The van der Waals surface area contributed by atoms with E-state index in [1.54, 1.807) is 112 Å². The molecule has 68 heavy (non-hydrogen) atoms. The molecular weight excluding hydrogens is 873 g/mol. The highest BCUT2D eigenvalue weighted by atomic mass is 16.6. The quantitative estimate of drug-likeness (QED) is 0.0998. The molecule has 18 heteroatoms. The van der Waals surface area contributed by atoms with Gasteiger partial charge in [0.2, 0.25) is 23.7 Å². The first kappa shape index (κ1) is 52.5.